The summed E-state index contributed by atoms with van der Waals surface area (Å²) in [5.41, 5.74) is -0.619. The van der Waals surface area contributed by atoms with Crippen LogP contribution in [0.25, 0.3) is 0 Å². The lowest BCUT2D eigenvalue weighted by Crippen LogP contribution is -2.13. The average Bonchev–Trinajstić information content (AvgIpc) is 2.20. The second kappa shape index (κ2) is 4.46. The van der Waals surface area contributed by atoms with E-state index >= 15 is 0 Å². The summed E-state index contributed by atoms with van der Waals surface area (Å²) in [5.74, 6) is -1.55. The fourth-order valence-electron chi connectivity index (χ4n) is 1.29. The lowest BCUT2D eigenvalue weighted by molar-refractivity contribution is -0.386. The van der Waals surface area contributed by atoms with E-state index < -0.39 is 22.7 Å². The Morgan fingerprint density at radius 2 is 2.12 bits per heavy atom. The Balaban J connectivity index is 3.46. The van der Waals surface area contributed by atoms with Gasteiger partial charge >= 0.3 is 5.97 Å². The molecule has 7 heteroatoms. The highest BCUT2D eigenvalue weighted by molar-refractivity contribution is 6.31. The predicted molar refractivity (Wildman–Crippen MR) is 55.4 cm³/mol. The van der Waals surface area contributed by atoms with Crippen LogP contribution >= 0.6 is 11.6 Å². The molecule has 0 heterocycles. The number of aliphatic carboxylic acids is 1. The summed E-state index contributed by atoms with van der Waals surface area (Å²) in [5, 5.41) is 28.8. The monoisotopic (exact) mass is 245 g/mol. The average molecular weight is 246 g/mol. The minimum Gasteiger partial charge on any atom is -0.479 e. The molecule has 0 spiro atoms. The molecule has 0 aliphatic rings. The number of carboxylic acids is 1. The maximum atomic E-state index is 10.8. The van der Waals surface area contributed by atoms with Gasteiger partial charge in [-0.2, -0.15) is 0 Å². The van der Waals surface area contributed by atoms with E-state index in [0.717, 1.165) is 6.07 Å². The van der Waals surface area contributed by atoms with Crippen molar-refractivity contribution < 1.29 is 19.9 Å². The Hall–Kier alpha value is -1.66. The maximum absolute atomic E-state index is 10.8. The van der Waals surface area contributed by atoms with Crippen LogP contribution in [0.4, 0.5) is 5.69 Å². The van der Waals surface area contributed by atoms with Crippen LogP contribution in [0.1, 0.15) is 17.2 Å². The van der Waals surface area contributed by atoms with Gasteiger partial charge < -0.3 is 10.2 Å². The Morgan fingerprint density at radius 1 is 1.56 bits per heavy atom. The summed E-state index contributed by atoms with van der Waals surface area (Å²) >= 11 is 5.68. The minimum absolute atomic E-state index is 0.129. The smallest absolute Gasteiger partial charge is 0.337 e. The Bertz CT molecular complexity index is 459. The van der Waals surface area contributed by atoms with Gasteiger partial charge in [0.15, 0.2) is 6.10 Å². The fraction of sp³-hybridized carbons (Fsp3) is 0.222. The number of nitro groups is 1. The van der Waals surface area contributed by atoms with Crippen molar-refractivity contribution >= 4 is 23.3 Å². The lowest BCUT2D eigenvalue weighted by atomic mass is 10.0. The van der Waals surface area contributed by atoms with Crippen molar-refractivity contribution in [1.82, 2.24) is 0 Å². The first kappa shape index (κ1) is 12.4. The van der Waals surface area contributed by atoms with Crippen LogP contribution in [-0.2, 0) is 4.79 Å². The highest BCUT2D eigenvalue weighted by Gasteiger charge is 2.28. The van der Waals surface area contributed by atoms with Crippen LogP contribution in [0.5, 0.6) is 0 Å². The first-order chi connectivity index (χ1) is 7.36. The number of aliphatic hydroxyl groups excluding tert-OH is 1. The van der Waals surface area contributed by atoms with Crippen LogP contribution in [0.15, 0.2) is 12.1 Å². The van der Waals surface area contributed by atoms with Crippen molar-refractivity contribution in [1.29, 1.82) is 0 Å². The number of benzene rings is 1. The van der Waals surface area contributed by atoms with E-state index in [0.29, 0.717) is 0 Å². The van der Waals surface area contributed by atoms with Crippen molar-refractivity contribution in [2.24, 2.45) is 0 Å². The molecule has 1 unspecified atom stereocenters. The number of nitro benzene ring substituents is 1. The first-order valence-corrected chi connectivity index (χ1v) is 4.58. The molecule has 16 heavy (non-hydrogen) atoms. The summed E-state index contributed by atoms with van der Waals surface area (Å²) in [6.45, 7) is 1.39. The van der Waals surface area contributed by atoms with E-state index in [-0.39, 0.29) is 16.1 Å². The lowest BCUT2D eigenvalue weighted by Gasteiger charge is -2.09. The van der Waals surface area contributed by atoms with Gasteiger partial charge in [-0.3, -0.25) is 10.1 Å². The SMILES string of the molecule is Cc1c(Cl)ccc(C(O)C(=O)O)c1[N+](=O)[O-]. The number of hydrogen-bond acceptors (Lipinski definition) is 4. The quantitative estimate of drug-likeness (QED) is 0.623. The zero-order valence-electron chi connectivity index (χ0n) is 8.18. The molecule has 0 saturated heterocycles. The molecular formula is C9H8ClNO5. The van der Waals surface area contributed by atoms with E-state index in [1.807, 2.05) is 0 Å². The number of carboxylic acid groups (broad SMARTS) is 1. The van der Waals surface area contributed by atoms with Crippen molar-refractivity contribution in [2.45, 2.75) is 13.0 Å². The highest BCUT2D eigenvalue weighted by atomic mass is 35.5. The molecule has 1 aromatic rings. The van der Waals surface area contributed by atoms with Crippen molar-refractivity contribution in [3.63, 3.8) is 0 Å². The predicted octanol–water partition coefficient (Wildman–Crippen LogP) is 1.67. The molecule has 1 atom stereocenters. The number of carbonyl (C=O) groups is 1. The van der Waals surface area contributed by atoms with Gasteiger partial charge in [0.05, 0.1) is 15.5 Å². The summed E-state index contributed by atoms with van der Waals surface area (Å²) < 4.78 is 0. The Kier molecular flexibility index (Phi) is 3.46. The fourth-order valence-corrected chi connectivity index (χ4v) is 1.45. The van der Waals surface area contributed by atoms with Gasteiger partial charge in [0.1, 0.15) is 0 Å². The molecule has 0 aliphatic heterocycles. The van der Waals surface area contributed by atoms with Gasteiger partial charge in [-0.1, -0.05) is 11.6 Å². The third-order valence-corrected chi connectivity index (χ3v) is 2.52. The van der Waals surface area contributed by atoms with E-state index in [9.17, 15) is 20.0 Å². The topological polar surface area (TPSA) is 101 Å². The molecule has 0 radical (unpaired) electrons. The van der Waals surface area contributed by atoms with Crippen LogP contribution in [0.2, 0.25) is 5.02 Å². The van der Waals surface area contributed by atoms with Crippen LogP contribution < -0.4 is 0 Å². The molecule has 0 bridgehead atoms. The molecule has 6 nitrogen and oxygen atoms in total. The summed E-state index contributed by atoms with van der Waals surface area (Å²) in [7, 11) is 0. The van der Waals surface area contributed by atoms with Crippen molar-refractivity contribution in [3.8, 4) is 0 Å². The van der Waals surface area contributed by atoms with Gasteiger partial charge in [0, 0.05) is 5.56 Å². The first-order valence-electron chi connectivity index (χ1n) is 4.20. The van der Waals surface area contributed by atoms with Crippen molar-refractivity contribution in [3.05, 3.63) is 38.4 Å². The summed E-state index contributed by atoms with van der Waals surface area (Å²) in [6, 6.07) is 2.44. The molecule has 0 fully saturated rings. The maximum Gasteiger partial charge on any atom is 0.337 e. The summed E-state index contributed by atoms with van der Waals surface area (Å²) in [4.78, 5) is 20.6. The molecule has 0 aliphatic carbocycles. The highest BCUT2D eigenvalue weighted by Crippen LogP contribution is 2.33. The zero-order chi connectivity index (χ0) is 12.5. The van der Waals surface area contributed by atoms with Crippen LogP contribution in [-0.4, -0.2) is 21.1 Å². The second-order valence-electron chi connectivity index (χ2n) is 3.11. The van der Waals surface area contributed by atoms with Crippen LogP contribution in [0.3, 0.4) is 0 Å². The third-order valence-electron chi connectivity index (χ3n) is 2.11. The van der Waals surface area contributed by atoms with E-state index in [2.05, 4.69) is 0 Å². The Labute approximate surface area is 95.2 Å². The van der Waals surface area contributed by atoms with Gasteiger partial charge in [0.25, 0.3) is 5.69 Å². The van der Waals surface area contributed by atoms with Gasteiger partial charge in [-0.05, 0) is 19.1 Å². The molecule has 1 rings (SSSR count). The molecule has 2 N–H and O–H groups in total. The number of halogens is 1. The van der Waals surface area contributed by atoms with Gasteiger partial charge in [-0.25, -0.2) is 4.79 Å². The van der Waals surface area contributed by atoms with E-state index in [1.165, 1.54) is 13.0 Å². The largest absolute Gasteiger partial charge is 0.479 e. The standard InChI is InChI=1S/C9H8ClNO5/c1-4-6(10)3-2-5(7(4)11(15)16)8(12)9(13)14/h2-3,8,12H,1H3,(H,13,14). The second-order valence-corrected chi connectivity index (χ2v) is 3.52. The normalized spacial score (nSPS) is 12.2. The van der Waals surface area contributed by atoms with E-state index in [1.54, 1.807) is 0 Å². The molecule has 0 amide bonds. The molecular weight excluding hydrogens is 238 g/mol. The van der Waals surface area contributed by atoms with Gasteiger partial charge in [-0.15, -0.1) is 0 Å². The molecule has 86 valence electrons. The Morgan fingerprint density at radius 3 is 2.56 bits per heavy atom. The number of aliphatic hydroxyl groups is 1. The third kappa shape index (κ3) is 2.12. The zero-order valence-corrected chi connectivity index (χ0v) is 8.93. The van der Waals surface area contributed by atoms with Gasteiger partial charge in [0.2, 0.25) is 0 Å². The summed E-state index contributed by atoms with van der Waals surface area (Å²) in [6.07, 6.45) is -1.93. The van der Waals surface area contributed by atoms with E-state index in [4.69, 9.17) is 16.7 Å². The van der Waals surface area contributed by atoms with Crippen molar-refractivity contribution in [2.75, 3.05) is 0 Å². The van der Waals surface area contributed by atoms with Crippen LogP contribution in [0, 0.1) is 17.0 Å². The number of hydrogen-bond donors (Lipinski definition) is 2. The molecule has 0 saturated carbocycles. The molecule has 1 aromatic carbocycles. The number of rotatable bonds is 3. The number of nitrogens with zero attached hydrogens (tertiary/aromatic N) is 1. The molecule has 0 aromatic heterocycles. The minimum atomic E-state index is -1.93.